The summed E-state index contributed by atoms with van der Waals surface area (Å²) in [5.74, 6) is -0.422. The van der Waals surface area contributed by atoms with Crippen LogP contribution in [0, 0.1) is 0 Å². The van der Waals surface area contributed by atoms with Crippen molar-refractivity contribution in [2.75, 3.05) is 0 Å². The molecule has 2 heterocycles. The Bertz CT molecular complexity index is 514. The average Bonchev–Trinajstić information content (AvgIpc) is 2.37. The number of rotatable bonds is 3. The van der Waals surface area contributed by atoms with Gasteiger partial charge in [0.05, 0.1) is 0 Å². The molecule has 2 aromatic heterocycles. The minimum atomic E-state index is -4.47. The summed E-state index contributed by atoms with van der Waals surface area (Å²) < 4.78 is 43.0. The van der Waals surface area contributed by atoms with Gasteiger partial charge in [0.2, 0.25) is 5.88 Å². The van der Waals surface area contributed by atoms with Gasteiger partial charge in [0.15, 0.2) is 0 Å². The average molecular weight is 254 g/mol. The number of hydrogen-bond acceptors (Lipinski definition) is 3. The molecule has 0 atom stereocenters. The standard InChI is InChI=1S/C12H9F3N2O/c13-12(14,15)10-4-2-6-17-11(10)18-8-9-3-1-5-16-7-9/h1-7H,8H2. The molecule has 0 aliphatic heterocycles. The molecule has 0 aliphatic rings. The number of halogens is 3. The van der Waals surface area contributed by atoms with Crippen molar-refractivity contribution >= 4 is 0 Å². The quantitative estimate of drug-likeness (QED) is 0.844. The summed E-state index contributed by atoms with van der Waals surface area (Å²) in [6, 6.07) is 5.55. The number of ether oxygens (including phenoxy) is 1. The van der Waals surface area contributed by atoms with E-state index in [0.717, 1.165) is 6.07 Å². The Kier molecular flexibility index (Phi) is 3.45. The zero-order valence-corrected chi connectivity index (χ0v) is 9.19. The number of alkyl halides is 3. The summed E-state index contributed by atoms with van der Waals surface area (Å²) in [5, 5.41) is 0. The van der Waals surface area contributed by atoms with Crippen LogP contribution in [0.2, 0.25) is 0 Å². The molecular formula is C12H9F3N2O. The van der Waals surface area contributed by atoms with Crippen LogP contribution < -0.4 is 4.74 Å². The van der Waals surface area contributed by atoms with Crippen molar-refractivity contribution in [3.63, 3.8) is 0 Å². The van der Waals surface area contributed by atoms with Crippen molar-refractivity contribution in [3.05, 3.63) is 54.0 Å². The van der Waals surface area contributed by atoms with Gasteiger partial charge in [0.25, 0.3) is 0 Å². The van der Waals surface area contributed by atoms with Crippen molar-refractivity contribution in [2.24, 2.45) is 0 Å². The Hall–Kier alpha value is -2.11. The summed E-state index contributed by atoms with van der Waals surface area (Å²) in [5.41, 5.74) is -0.204. The Labute approximate surface area is 101 Å². The number of hydrogen-bond donors (Lipinski definition) is 0. The third kappa shape index (κ3) is 2.97. The van der Waals surface area contributed by atoms with Gasteiger partial charge in [-0.1, -0.05) is 6.07 Å². The zero-order valence-electron chi connectivity index (χ0n) is 9.19. The summed E-state index contributed by atoms with van der Waals surface area (Å²) in [7, 11) is 0. The predicted molar refractivity (Wildman–Crippen MR) is 57.8 cm³/mol. The van der Waals surface area contributed by atoms with Crippen LogP contribution in [0.1, 0.15) is 11.1 Å². The third-order valence-electron chi connectivity index (χ3n) is 2.17. The van der Waals surface area contributed by atoms with Crippen LogP contribution in [0.4, 0.5) is 13.2 Å². The number of pyridine rings is 2. The fourth-order valence-corrected chi connectivity index (χ4v) is 1.36. The minimum absolute atomic E-state index is 0.00602. The smallest absolute Gasteiger partial charge is 0.421 e. The summed E-state index contributed by atoms with van der Waals surface area (Å²) >= 11 is 0. The highest BCUT2D eigenvalue weighted by atomic mass is 19.4. The molecule has 3 nitrogen and oxygen atoms in total. The lowest BCUT2D eigenvalue weighted by atomic mass is 10.2. The molecule has 0 saturated carbocycles. The molecule has 2 aromatic rings. The van der Waals surface area contributed by atoms with E-state index in [1.165, 1.54) is 18.5 Å². The molecule has 0 aliphatic carbocycles. The lowest BCUT2D eigenvalue weighted by Crippen LogP contribution is -2.09. The molecule has 0 amide bonds. The second-order valence-electron chi connectivity index (χ2n) is 3.50. The van der Waals surface area contributed by atoms with Gasteiger partial charge < -0.3 is 4.74 Å². The first-order valence-electron chi connectivity index (χ1n) is 5.11. The molecular weight excluding hydrogens is 245 g/mol. The number of aromatic nitrogens is 2. The Balaban J connectivity index is 2.15. The maximum atomic E-state index is 12.6. The van der Waals surface area contributed by atoms with Crippen LogP contribution in [-0.4, -0.2) is 9.97 Å². The molecule has 0 spiro atoms. The van der Waals surface area contributed by atoms with E-state index in [4.69, 9.17) is 4.74 Å². The van der Waals surface area contributed by atoms with E-state index >= 15 is 0 Å². The molecule has 0 fully saturated rings. The van der Waals surface area contributed by atoms with Gasteiger partial charge in [0.1, 0.15) is 12.2 Å². The normalized spacial score (nSPS) is 11.3. The molecule has 94 valence electrons. The van der Waals surface area contributed by atoms with Crippen LogP contribution in [-0.2, 0) is 12.8 Å². The largest absolute Gasteiger partial charge is 0.472 e. The lowest BCUT2D eigenvalue weighted by Gasteiger charge is -2.12. The van der Waals surface area contributed by atoms with Crippen LogP contribution >= 0.6 is 0 Å². The molecule has 18 heavy (non-hydrogen) atoms. The molecule has 6 heteroatoms. The number of nitrogens with zero attached hydrogens (tertiary/aromatic N) is 2. The Morgan fingerprint density at radius 1 is 1.11 bits per heavy atom. The Morgan fingerprint density at radius 3 is 2.56 bits per heavy atom. The van der Waals surface area contributed by atoms with E-state index in [1.54, 1.807) is 18.3 Å². The van der Waals surface area contributed by atoms with Crippen molar-refractivity contribution < 1.29 is 17.9 Å². The van der Waals surface area contributed by atoms with Gasteiger partial charge in [0, 0.05) is 24.2 Å². The highest BCUT2D eigenvalue weighted by molar-refractivity contribution is 5.28. The van der Waals surface area contributed by atoms with Crippen molar-refractivity contribution in [3.8, 4) is 5.88 Å². The first-order valence-corrected chi connectivity index (χ1v) is 5.11. The zero-order chi connectivity index (χ0) is 13.0. The topological polar surface area (TPSA) is 35.0 Å². The van der Waals surface area contributed by atoms with Gasteiger partial charge in [-0.15, -0.1) is 0 Å². The molecule has 0 bridgehead atoms. The van der Waals surface area contributed by atoms with Crippen LogP contribution in [0.25, 0.3) is 0 Å². The summed E-state index contributed by atoms with van der Waals surface area (Å²) in [4.78, 5) is 7.44. The third-order valence-corrected chi connectivity index (χ3v) is 2.17. The molecule has 0 aromatic carbocycles. The van der Waals surface area contributed by atoms with E-state index in [-0.39, 0.29) is 6.61 Å². The molecule has 0 N–H and O–H groups in total. The lowest BCUT2D eigenvalue weighted by molar-refractivity contribution is -0.139. The maximum absolute atomic E-state index is 12.6. The summed E-state index contributed by atoms with van der Waals surface area (Å²) in [6.07, 6.45) is -0.117. The fourth-order valence-electron chi connectivity index (χ4n) is 1.36. The predicted octanol–water partition coefficient (Wildman–Crippen LogP) is 3.07. The molecule has 0 radical (unpaired) electrons. The van der Waals surface area contributed by atoms with Crippen molar-refractivity contribution in [1.82, 2.24) is 9.97 Å². The second kappa shape index (κ2) is 5.03. The van der Waals surface area contributed by atoms with Crippen LogP contribution in [0.5, 0.6) is 5.88 Å². The van der Waals surface area contributed by atoms with E-state index in [9.17, 15) is 13.2 Å². The van der Waals surface area contributed by atoms with Gasteiger partial charge in [-0.2, -0.15) is 13.2 Å². The fraction of sp³-hybridized carbons (Fsp3) is 0.167. The van der Waals surface area contributed by atoms with Gasteiger partial charge >= 0.3 is 6.18 Å². The van der Waals surface area contributed by atoms with Gasteiger partial charge in [-0.3, -0.25) is 4.98 Å². The van der Waals surface area contributed by atoms with E-state index in [1.807, 2.05) is 0 Å². The maximum Gasteiger partial charge on any atom is 0.421 e. The minimum Gasteiger partial charge on any atom is -0.472 e. The first-order chi connectivity index (χ1) is 8.57. The van der Waals surface area contributed by atoms with Crippen LogP contribution in [0.3, 0.4) is 0 Å². The monoisotopic (exact) mass is 254 g/mol. The molecule has 0 saturated heterocycles. The highest BCUT2D eigenvalue weighted by Crippen LogP contribution is 2.34. The van der Waals surface area contributed by atoms with Crippen molar-refractivity contribution in [1.29, 1.82) is 0 Å². The molecule has 0 unspecified atom stereocenters. The summed E-state index contributed by atoms with van der Waals surface area (Å²) in [6.45, 7) is -0.00602. The molecule has 2 rings (SSSR count). The highest BCUT2D eigenvalue weighted by Gasteiger charge is 2.34. The first kappa shape index (κ1) is 12.3. The van der Waals surface area contributed by atoms with E-state index < -0.39 is 17.6 Å². The van der Waals surface area contributed by atoms with E-state index in [2.05, 4.69) is 9.97 Å². The van der Waals surface area contributed by atoms with Crippen molar-refractivity contribution in [2.45, 2.75) is 12.8 Å². The second-order valence-corrected chi connectivity index (χ2v) is 3.50. The Morgan fingerprint density at radius 2 is 1.89 bits per heavy atom. The van der Waals surface area contributed by atoms with Crippen LogP contribution in [0.15, 0.2) is 42.9 Å². The van der Waals surface area contributed by atoms with Gasteiger partial charge in [-0.05, 0) is 18.2 Å². The van der Waals surface area contributed by atoms with Gasteiger partial charge in [-0.25, -0.2) is 4.98 Å². The SMILES string of the molecule is FC(F)(F)c1cccnc1OCc1cccnc1. The van der Waals surface area contributed by atoms with E-state index in [0.29, 0.717) is 5.56 Å².